The van der Waals surface area contributed by atoms with Crippen molar-refractivity contribution in [2.75, 3.05) is 28.6 Å². The van der Waals surface area contributed by atoms with E-state index < -0.39 is 0 Å². The lowest BCUT2D eigenvalue weighted by atomic mass is 10.2. The van der Waals surface area contributed by atoms with Crippen molar-refractivity contribution in [3.05, 3.63) is 36.0 Å². The van der Waals surface area contributed by atoms with Crippen molar-refractivity contribution >= 4 is 29.0 Å². The summed E-state index contributed by atoms with van der Waals surface area (Å²) in [6, 6.07) is 9.58. The normalized spacial score (nSPS) is 14.0. The maximum atomic E-state index is 11.7. The molecule has 1 amide bonds. The highest BCUT2D eigenvalue weighted by Gasteiger charge is 2.16. The Morgan fingerprint density at radius 1 is 1.08 bits per heavy atom. The Bertz CT molecular complexity index is 736. The molecular formula is C19H25N5O. The molecule has 0 bridgehead atoms. The summed E-state index contributed by atoms with van der Waals surface area (Å²) < 4.78 is 0. The van der Waals surface area contributed by atoms with E-state index in [0.29, 0.717) is 0 Å². The van der Waals surface area contributed by atoms with E-state index >= 15 is 0 Å². The first kappa shape index (κ1) is 17.2. The molecule has 0 unspecified atom stereocenters. The molecule has 3 rings (SSSR count). The maximum absolute atomic E-state index is 11.7. The van der Waals surface area contributed by atoms with Gasteiger partial charge in [0.05, 0.1) is 0 Å². The van der Waals surface area contributed by atoms with Crippen molar-refractivity contribution in [3.63, 3.8) is 0 Å². The van der Waals surface area contributed by atoms with Crippen molar-refractivity contribution < 1.29 is 4.79 Å². The quantitative estimate of drug-likeness (QED) is 0.869. The molecule has 2 aromatic rings. The van der Waals surface area contributed by atoms with Gasteiger partial charge >= 0.3 is 0 Å². The Labute approximate surface area is 148 Å². The summed E-state index contributed by atoms with van der Waals surface area (Å²) in [7, 11) is 0. The van der Waals surface area contributed by atoms with Gasteiger partial charge in [0.15, 0.2) is 0 Å². The van der Waals surface area contributed by atoms with Crippen LogP contribution in [0.25, 0.3) is 0 Å². The third kappa shape index (κ3) is 4.47. The number of benzene rings is 1. The van der Waals surface area contributed by atoms with E-state index in [1.54, 1.807) is 0 Å². The van der Waals surface area contributed by atoms with Crippen molar-refractivity contribution in [2.24, 2.45) is 5.92 Å². The molecule has 0 saturated carbocycles. The molecule has 2 N–H and O–H groups in total. The number of hydrogen-bond donors (Lipinski definition) is 2. The van der Waals surface area contributed by atoms with Crippen LogP contribution in [0.5, 0.6) is 0 Å². The molecule has 0 aliphatic carbocycles. The molecule has 1 saturated heterocycles. The fraction of sp³-hybridized carbons (Fsp3) is 0.421. The molecule has 1 aliphatic rings. The summed E-state index contributed by atoms with van der Waals surface area (Å²) in [6.07, 6.45) is 2.40. The van der Waals surface area contributed by atoms with Gasteiger partial charge in [-0.25, -0.2) is 4.98 Å². The fourth-order valence-corrected chi connectivity index (χ4v) is 2.75. The minimum absolute atomic E-state index is 0.0161. The SMILES string of the molecule is Cc1cc(Nc2ccc(NC(=O)C(C)C)cc2)nc(N2CCCC2)n1. The molecule has 2 heterocycles. The van der Waals surface area contributed by atoms with E-state index in [-0.39, 0.29) is 11.8 Å². The van der Waals surface area contributed by atoms with E-state index in [1.165, 1.54) is 12.8 Å². The highest BCUT2D eigenvalue weighted by molar-refractivity contribution is 5.92. The monoisotopic (exact) mass is 339 g/mol. The van der Waals surface area contributed by atoms with Gasteiger partial charge < -0.3 is 15.5 Å². The second-order valence-electron chi connectivity index (χ2n) is 6.74. The zero-order chi connectivity index (χ0) is 17.8. The van der Waals surface area contributed by atoms with Crippen LogP contribution in [0.3, 0.4) is 0 Å². The number of aromatic nitrogens is 2. The highest BCUT2D eigenvalue weighted by atomic mass is 16.1. The van der Waals surface area contributed by atoms with Crippen LogP contribution in [-0.2, 0) is 4.79 Å². The second kappa shape index (κ2) is 7.51. The summed E-state index contributed by atoms with van der Waals surface area (Å²) in [4.78, 5) is 23.2. The van der Waals surface area contributed by atoms with E-state index in [4.69, 9.17) is 0 Å². The van der Waals surface area contributed by atoms with Gasteiger partial charge in [-0.2, -0.15) is 4.98 Å². The predicted molar refractivity (Wildman–Crippen MR) is 101 cm³/mol. The Balaban J connectivity index is 1.70. The number of nitrogens with one attached hydrogen (secondary N) is 2. The number of hydrogen-bond acceptors (Lipinski definition) is 5. The number of nitrogens with zero attached hydrogens (tertiary/aromatic N) is 3. The Morgan fingerprint density at radius 3 is 2.36 bits per heavy atom. The van der Waals surface area contributed by atoms with Gasteiger partial charge in [-0.1, -0.05) is 13.8 Å². The minimum Gasteiger partial charge on any atom is -0.341 e. The molecule has 0 spiro atoms. The largest absolute Gasteiger partial charge is 0.341 e. The van der Waals surface area contributed by atoms with Crippen LogP contribution in [0.4, 0.5) is 23.1 Å². The Hall–Kier alpha value is -2.63. The standard InChI is InChI=1S/C19H25N5O/c1-13(2)18(25)22-16-8-6-15(7-9-16)21-17-12-14(3)20-19(23-17)24-10-4-5-11-24/h6-9,12-13H,4-5,10-11H2,1-3H3,(H,22,25)(H,20,21,23). The molecule has 1 aliphatic heterocycles. The smallest absolute Gasteiger partial charge is 0.227 e. The summed E-state index contributed by atoms with van der Waals surface area (Å²) in [6.45, 7) is 7.78. The number of carbonyl (C=O) groups is 1. The van der Waals surface area contributed by atoms with Gasteiger partial charge in [-0.05, 0) is 44.0 Å². The van der Waals surface area contributed by atoms with Gasteiger partial charge in [-0.3, -0.25) is 4.79 Å². The molecule has 6 nitrogen and oxygen atoms in total. The van der Waals surface area contributed by atoms with E-state index in [2.05, 4.69) is 25.5 Å². The van der Waals surface area contributed by atoms with Crippen LogP contribution in [-0.4, -0.2) is 29.0 Å². The summed E-state index contributed by atoms with van der Waals surface area (Å²) in [5.74, 6) is 1.56. The lowest BCUT2D eigenvalue weighted by molar-refractivity contribution is -0.118. The van der Waals surface area contributed by atoms with Crippen molar-refractivity contribution in [2.45, 2.75) is 33.6 Å². The van der Waals surface area contributed by atoms with Gasteiger partial charge in [0.2, 0.25) is 11.9 Å². The molecule has 132 valence electrons. The molecule has 1 fully saturated rings. The second-order valence-corrected chi connectivity index (χ2v) is 6.74. The van der Waals surface area contributed by atoms with Gasteiger partial charge in [0.1, 0.15) is 5.82 Å². The number of anilines is 4. The van der Waals surface area contributed by atoms with E-state index in [1.807, 2.05) is 51.1 Å². The summed E-state index contributed by atoms with van der Waals surface area (Å²) in [5, 5.41) is 6.21. The summed E-state index contributed by atoms with van der Waals surface area (Å²) >= 11 is 0. The van der Waals surface area contributed by atoms with E-state index in [0.717, 1.165) is 41.9 Å². The molecule has 0 radical (unpaired) electrons. The number of amides is 1. The van der Waals surface area contributed by atoms with Gasteiger partial charge in [0.25, 0.3) is 0 Å². The third-order valence-corrected chi connectivity index (χ3v) is 4.18. The van der Waals surface area contributed by atoms with Gasteiger partial charge in [0, 0.05) is 42.1 Å². The molecule has 25 heavy (non-hydrogen) atoms. The first-order valence-corrected chi connectivity index (χ1v) is 8.80. The first-order chi connectivity index (χ1) is 12.0. The van der Waals surface area contributed by atoms with Crippen molar-refractivity contribution in [1.82, 2.24) is 9.97 Å². The third-order valence-electron chi connectivity index (χ3n) is 4.18. The zero-order valence-electron chi connectivity index (χ0n) is 15.0. The van der Waals surface area contributed by atoms with Crippen molar-refractivity contribution in [1.29, 1.82) is 0 Å². The minimum atomic E-state index is -0.0363. The van der Waals surface area contributed by atoms with Crippen LogP contribution in [0.15, 0.2) is 30.3 Å². The van der Waals surface area contributed by atoms with Crippen LogP contribution in [0.1, 0.15) is 32.4 Å². The van der Waals surface area contributed by atoms with Crippen LogP contribution >= 0.6 is 0 Å². The Kier molecular flexibility index (Phi) is 5.16. The number of aryl methyl sites for hydroxylation is 1. The topological polar surface area (TPSA) is 70.2 Å². The van der Waals surface area contributed by atoms with E-state index in [9.17, 15) is 4.79 Å². The summed E-state index contributed by atoms with van der Waals surface area (Å²) in [5.41, 5.74) is 2.66. The molecule has 1 aromatic heterocycles. The predicted octanol–water partition coefficient (Wildman–Crippen LogP) is 3.72. The van der Waals surface area contributed by atoms with Gasteiger partial charge in [-0.15, -0.1) is 0 Å². The fourth-order valence-electron chi connectivity index (χ4n) is 2.75. The lowest BCUT2D eigenvalue weighted by Gasteiger charge is -2.17. The average Bonchev–Trinajstić information content (AvgIpc) is 3.10. The van der Waals surface area contributed by atoms with Crippen LogP contribution in [0, 0.1) is 12.8 Å². The molecule has 0 atom stereocenters. The lowest BCUT2D eigenvalue weighted by Crippen LogP contribution is -2.21. The Morgan fingerprint density at radius 2 is 1.72 bits per heavy atom. The van der Waals surface area contributed by atoms with Crippen LogP contribution in [0.2, 0.25) is 0 Å². The maximum Gasteiger partial charge on any atom is 0.227 e. The molecular weight excluding hydrogens is 314 g/mol. The zero-order valence-corrected chi connectivity index (χ0v) is 15.0. The average molecular weight is 339 g/mol. The number of rotatable bonds is 5. The molecule has 1 aromatic carbocycles. The highest BCUT2D eigenvalue weighted by Crippen LogP contribution is 2.22. The van der Waals surface area contributed by atoms with Crippen LogP contribution < -0.4 is 15.5 Å². The first-order valence-electron chi connectivity index (χ1n) is 8.80. The molecule has 6 heteroatoms. The number of carbonyl (C=O) groups excluding carboxylic acids is 1. The van der Waals surface area contributed by atoms with Crippen molar-refractivity contribution in [3.8, 4) is 0 Å².